The predicted octanol–water partition coefficient (Wildman–Crippen LogP) is -0.422. The smallest absolute Gasteiger partial charge is 0.0710 e. The summed E-state index contributed by atoms with van der Waals surface area (Å²) in [6.45, 7) is 2.98. The molecule has 0 aliphatic carbocycles. The van der Waals surface area contributed by atoms with Crippen LogP contribution in [0, 0.1) is 5.92 Å². The van der Waals surface area contributed by atoms with Crippen molar-refractivity contribution in [3.05, 3.63) is 0 Å². The fraction of sp³-hybridized carbons (Fsp3) is 1.00. The van der Waals surface area contributed by atoms with Crippen LogP contribution in [-0.4, -0.2) is 35.9 Å². The Morgan fingerprint density at radius 1 is 1.40 bits per heavy atom. The Bertz CT molecular complexity index is 125. The van der Waals surface area contributed by atoms with Crippen molar-refractivity contribution in [2.75, 3.05) is 19.6 Å². The first kappa shape index (κ1) is 6.58. The van der Waals surface area contributed by atoms with Crippen LogP contribution < -0.4 is 5.43 Å². The standard InChI is InChI=1S/C7H14N2O/c10-7-5-9-4-2-6(7)1-3-8-9/h6-8,10H,1-5H2. The average molecular weight is 142 g/mol. The van der Waals surface area contributed by atoms with Gasteiger partial charge in [-0.05, 0) is 18.8 Å². The normalized spacial score (nSPS) is 47.1. The maximum atomic E-state index is 9.50. The van der Waals surface area contributed by atoms with Crippen LogP contribution in [0.3, 0.4) is 0 Å². The number of nitrogens with one attached hydrogen (secondary N) is 1. The molecular weight excluding hydrogens is 128 g/mol. The van der Waals surface area contributed by atoms with E-state index in [4.69, 9.17) is 0 Å². The van der Waals surface area contributed by atoms with Gasteiger partial charge in [-0.1, -0.05) is 0 Å². The molecular formula is C7H14N2O. The molecule has 0 aromatic heterocycles. The van der Waals surface area contributed by atoms with Crippen LogP contribution in [0.1, 0.15) is 12.8 Å². The van der Waals surface area contributed by atoms with Gasteiger partial charge in [0.1, 0.15) is 0 Å². The molecule has 3 heteroatoms. The number of aliphatic hydroxyl groups excluding tert-OH is 1. The Hall–Kier alpha value is -0.120. The van der Waals surface area contributed by atoms with Crippen molar-refractivity contribution in [2.24, 2.45) is 5.92 Å². The molecule has 3 saturated heterocycles. The van der Waals surface area contributed by atoms with E-state index in [-0.39, 0.29) is 6.10 Å². The largest absolute Gasteiger partial charge is 0.391 e. The summed E-state index contributed by atoms with van der Waals surface area (Å²) < 4.78 is 0. The van der Waals surface area contributed by atoms with Gasteiger partial charge in [0.05, 0.1) is 6.10 Å². The lowest BCUT2D eigenvalue weighted by Gasteiger charge is -2.30. The van der Waals surface area contributed by atoms with Crippen LogP contribution in [0.2, 0.25) is 0 Å². The highest BCUT2D eigenvalue weighted by Gasteiger charge is 2.29. The van der Waals surface area contributed by atoms with Gasteiger partial charge >= 0.3 is 0 Å². The molecule has 0 aromatic carbocycles. The maximum Gasteiger partial charge on any atom is 0.0710 e. The van der Waals surface area contributed by atoms with Gasteiger partial charge in [0, 0.05) is 19.6 Å². The third-order valence-corrected chi connectivity index (χ3v) is 2.57. The second-order valence-corrected chi connectivity index (χ2v) is 3.26. The Labute approximate surface area is 61.0 Å². The molecule has 3 aliphatic rings. The lowest BCUT2D eigenvalue weighted by atomic mass is 9.93. The molecule has 3 heterocycles. The van der Waals surface area contributed by atoms with Crippen LogP contribution in [0.4, 0.5) is 0 Å². The SMILES string of the molecule is OC1CN2CCC1CCN2. The van der Waals surface area contributed by atoms with Crippen LogP contribution in [-0.2, 0) is 0 Å². The molecule has 2 N–H and O–H groups in total. The minimum absolute atomic E-state index is 0.0799. The summed E-state index contributed by atoms with van der Waals surface area (Å²) in [6, 6.07) is 0. The van der Waals surface area contributed by atoms with Gasteiger partial charge in [-0.15, -0.1) is 0 Å². The number of hydrogen-bond acceptors (Lipinski definition) is 3. The molecule has 0 amide bonds. The lowest BCUT2D eigenvalue weighted by molar-refractivity contribution is 0.0246. The minimum atomic E-state index is -0.0799. The van der Waals surface area contributed by atoms with Gasteiger partial charge in [-0.3, -0.25) is 5.43 Å². The molecule has 3 aliphatic heterocycles. The highest BCUT2D eigenvalue weighted by atomic mass is 16.3. The predicted molar refractivity (Wildman–Crippen MR) is 38.3 cm³/mol. The number of fused-ring (bicyclic) bond motifs is 4. The number of piperidine rings is 1. The van der Waals surface area contributed by atoms with Crippen molar-refractivity contribution in [3.63, 3.8) is 0 Å². The van der Waals surface area contributed by atoms with Crippen LogP contribution in [0.15, 0.2) is 0 Å². The van der Waals surface area contributed by atoms with E-state index in [9.17, 15) is 5.11 Å². The molecule has 3 rings (SSSR count). The van der Waals surface area contributed by atoms with Gasteiger partial charge in [0.25, 0.3) is 0 Å². The van der Waals surface area contributed by atoms with Gasteiger partial charge in [-0.2, -0.15) is 0 Å². The van der Waals surface area contributed by atoms with Gasteiger partial charge in [0.15, 0.2) is 0 Å². The Kier molecular flexibility index (Phi) is 1.64. The molecule has 0 saturated carbocycles. The van der Waals surface area contributed by atoms with Gasteiger partial charge < -0.3 is 5.11 Å². The summed E-state index contributed by atoms with van der Waals surface area (Å²) in [5.74, 6) is 0.561. The van der Waals surface area contributed by atoms with E-state index >= 15 is 0 Å². The van der Waals surface area contributed by atoms with E-state index in [2.05, 4.69) is 10.4 Å². The summed E-state index contributed by atoms with van der Waals surface area (Å²) in [7, 11) is 0. The molecule has 3 fully saturated rings. The molecule has 3 atom stereocenters. The fourth-order valence-electron chi connectivity index (χ4n) is 1.87. The van der Waals surface area contributed by atoms with E-state index in [1.807, 2.05) is 0 Å². The maximum absolute atomic E-state index is 9.50. The van der Waals surface area contributed by atoms with E-state index in [1.54, 1.807) is 0 Å². The summed E-state index contributed by atoms with van der Waals surface area (Å²) in [6.07, 6.45) is 2.22. The van der Waals surface area contributed by atoms with E-state index < -0.39 is 0 Å². The number of nitrogens with zero attached hydrogens (tertiary/aromatic N) is 1. The Morgan fingerprint density at radius 2 is 2.30 bits per heavy atom. The topological polar surface area (TPSA) is 35.5 Å². The van der Waals surface area contributed by atoms with Crippen molar-refractivity contribution in [1.29, 1.82) is 0 Å². The average Bonchev–Trinajstić information content (AvgIpc) is 2.20. The van der Waals surface area contributed by atoms with Gasteiger partial charge in [-0.25, -0.2) is 5.01 Å². The third-order valence-electron chi connectivity index (χ3n) is 2.57. The van der Waals surface area contributed by atoms with Crippen LogP contribution in [0.25, 0.3) is 0 Å². The van der Waals surface area contributed by atoms with Gasteiger partial charge in [0.2, 0.25) is 0 Å². The second kappa shape index (κ2) is 2.49. The fourth-order valence-corrected chi connectivity index (χ4v) is 1.87. The molecule has 2 bridgehead atoms. The number of aliphatic hydroxyl groups is 1. The zero-order valence-electron chi connectivity index (χ0n) is 6.08. The zero-order chi connectivity index (χ0) is 6.97. The molecule has 0 radical (unpaired) electrons. The third kappa shape index (κ3) is 1.05. The van der Waals surface area contributed by atoms with Crippen molar-refractivity contribution in [1.82, 2.24) is 10.4 Å². The first-order valence-electron chi connectivity index (χ1n) is 4.03. The molecule has 3 nitrogen and oxygen atoms in total. The quantitative estimate of drug-likeness (QED) is 0.482. The van der Waals surface area contributed by atoms with E-state index in [0.29, 0.717) is 5.92 Å². The molecule has 10 heavy (non-hydrogen) atoms. The van der Waals surface area contributed by atoms with Crippen LogP contribution in [0.5, 0.6) is 0 Å². The number of rotatable bonds is 0. The van der Waals surface area contributed by atoms with Crippen molar-refractivity contribution in [2.45, 2.75) is 18.9 Å². The summed E-state index contributed by atoms with van der Waals surface area (Å²) >= 11 is 0. The zero-order valence-corrected chi connectivity index (χ0v) is 6.08. The van der Waals surface area contributed by atoms with Crippen molar-refractivity contribution < 1.29 is 5.11 Å². The molecule has 3 unspecified atom stereocenters. The number of hydrazine groups is 1. The summed E-state index contributed by atoms with van der Waals surface area (Å²) in [5, 5.41) is 11.6. The Morgan fingerprint density at radius 3 is 3.10 bits per heavy atom. The highest BCUT2D eigenvalue weighted by Crippen LogP contribution is 2.22. The molecule has 58 valence electrons. The summed E-state index contributed by atoms with van der Waals surface area (Å²) in [5.41, 5.74) is 3.28. The lowest BCUT2D eigenvalue weighted by Crippen LogP contribution is -2.45. The van der Waals surface area contributed by atoms with Crippen molar-refractivity contribution in [3.8, 4) is 0 Å². The minimum Gasteiger partial charge on any atom is -0.391 e. The first-order valence-corrected chi connectivity index (χ1v) is 4.03. The molecule has 0 spiro atoms. The van der Waals surface area contributed by atoms with Crippen molar-refractivity contribution >= 4 is 0 Å². The Balaban J connectivity index is 2.07. The molecule has 0 aromatic rings. The monoisotopic (exact) mass is 142 g/mol. The summed E-state index contributed by atoms with van der Waals surface area (Å²) in [4.78, 5) is 0. The number of hydrogen-bond donors (Lipinski definition) is 2. The van der Waals surface area contributed by atoms with E-state index in [0.717, 1.165) is 32.5 Å². The highest BCUT2D eigenvalue weighted by molar-refractivity contribution is 4.81. The van der Waals surface area contributed by atoms with Crippen LogP contribution >= 0.6 is 0 Å². The second-order valence-electron chi connectivity index (χ2n) is 3.26. The first-order chi connectivity index (χ1) is 4.86. The van der Waals surface area contributed by atoms with E-state index in [1.165, 1.54) is 0 Å².